The molecule has 0 aliphatic heterocycles. The van der Waals surface area contributed by atoms with Gasteiger partial charge < -0.3 is 10.1 Å². The fourth-order valence-electron chi connectivity index (χ4n) is 3.40. The van der Waals surface area contributed by atoms with Gasteiger partial charge in [-0.3, -0.25) is 9.59 Å². The zero-order valence-corrected chi connectivity index (χ0v) is 23.5. The molecule has 0 aromatic heterocycles. The lowest BCUT2D eigenvalue weighted by Crippen LogP contribution is -2.18. The smallest absolute Gasteiger partial charge is 0.336 e. The number of hydrogen-bond acceptors (Lipinski definition) is 5. The average molecular weight is 647 g/mol. The molecule has 0 fully saturated rings. The summed E-state index contributed by atoms with van der Waals surface area (Å²) in [6.45, 7) is 0. The lowest BCUT2D eigenvalue weighted by Gasteiger charge is -2.09. The highest BCUT2D eigenvalue weighted by atomic mass is 79.9. The number of amides is 2. The van der Waals surface area contributed by atoms with Gasteiger partial charge >= 0.3 is 5.97 Å². The highest BCUT2D eigenvalue weighted by Crippen LogP contribution is 2.32. The zero-order chi connectivity index (χ0) is 27.6. The van der Waals surface area contributed by atoms with E-state index in [1.54, 1.807) is 66.7 Å². The molecule has 0 atom stereocenters. The summed E-state index contributed by atoms with van der Waals surface area (Å²) < 4.78 is 6.78. The van der Waals surface area contributed by atoms with Gasteiger partial charge in [-0.25, -0.2) is 10.2 Å². The Labute approximate surface area is 241 Å². The number of hydrogen-bond donors (Lipinski definition) is 2. The maximum atomic E-state index is 12.7. The lowest BCUT2D eigenvalue weighted by molar-refractivity contribution is -0.128. The number of nitrogens with one attached hydrogen (secondary N) is 2. The van der Waals surface area contributed by atoms with Crippen molar-refractivity contribution in [3.8, 4) is 5.75 Å². The molecule has 4 aromatic rings. The molecule has 0 saturated heterocycles. The normalized spacial score (nSPS) is 10.9. The molecule has 0 bridgehead atoms. The van der Waals surface area contributed by atoms with Gasteiger partial charge in [0.2, 0.25) is 0 Å². The predicted octanol–water partition coefficient (Wildman–Crippen LogP) is 6.85. The number of rotatable bonds is 8. The van der Waals surface area contributed by atoms with Crippen LogP contribution in [0.4, 0.5) is 5.69 Å². The molecule has 0 aliphatic rings. The third kappa shape index (κ3) is 8.07. The van der Waals surface area contributed by atoms with Crippen molar-refractivity contribution in [2.75, 3.05) is 5.32 Å². The van der Waals surface area contributed by atoms with E-state index in [4.69, 9.17) is 4.74 Å². The standard InChI is InChI=1S/C30H21Br2N3O4/c31-24-16-23(28(26(32)18-24)39-27(36)15-14-20-8-3-1-4-9-20)19-33-35-30(38)22-12-7-13-25(17-22)34-29(37)21-10-5-2-6-11-21/h1-19H,(H,34,37)(H,35,38)/b15-14+,33-19?. The van der Waals surface area contributed by atoms with Crippen molar-refractivity contribution in [3.63, 3.8) is 0 Å². The van der Waals surface area contributed by atoms with Gasteiger partial charge in [-0.1, -0.05) is 70.5 Å². The molecule has 194 valence electrons. The minimum atomic E-state index is -0.574. The van der Waals surface area contributed by atoms with Crippen LogP contribution in [-0.2, 0) is 4.79 Å². The lowest BCUT2D eigenvalue weighted by atomic mass is 10.1. The number of anilines is 1. The van der Waals surface area contributed by atoms with Gasteiger partial charge in [-0.15, -0.1) is 0 Å². The maximum absolute atomic E-state index is 12.7. The fraction of sp³-hybridized carbons (Fsp3) is 0. The molecule has 0 aliphatic carbocycles. The van der Waals surface area contributed by atoms with E-state index in [0.29, 0.717) is 31.3 Å². The van der Waals surface area contributed by atoms with Crippen molar-refractivity contribution in [2.24, 2.45) is 5.10 Å². The molecule has 0 unspecified atom stereocenters. The molecule has 0 saturated carbocycles. The van der Waals surface area contributed by atoms with E-state index in [1.807, 2.05) is 36.4 Å². The van der Waals surface area contributed by atoms with E-state index in [0.717, 1.165) is 5.56 Å². The van der Waals surface area contributed by atoms with Gasteiger partial charge in [-0.05, 0) is 70.0 Å². The quantitative estimate of drug-likeness (QED) is 0.0720. The Morgan fingerprint density at radius 3 is 2.21 bits per heavy atom. The van der Waals surface area contributed by atoms with Crippen LogP contribution in [-0.4, -0.2) is 24.0 Å². The van der Waals surface area contributed by atoms with Crippen LogP contribution in [0.1, 0.15) is 31.8 Å². The van der Waals surface area contributed by atoms with Crippen LogP contribution < -0.4 is 15.5 Å². The van der Waals surface area contributed by atoms with Crippen LogP contribution in [0.5, 0.6) is 5.75 Å². The van der Waals surface area contributed by atoms with Crippen molar-refractivity contribution in [1.29, 1.82) is 0 Å². The molecule has 4 rings (SSSR count). The molecule has 2 N–H and O–H groups in total. The van der Waals surface area contributed by atoms with E-state index >= 15 is 0 Å². The minimum Gasteiger partial charge on any atom is -0.421 e. The number of halogens is 2. The van der Waals surface area contributed by atoms with Crippen molar-refractivity contribution < 1.29 is 19.1 Å². The molecule has 39 heavy (non-hydrogen) atoms. The van der Waals surface area contributed by atoms with Crippen LogP contribution in [0.3, 0.4) is 0 Å². The first-order valence-electron chi connectivity index (χ1n) is 11.6. The second kappa shape index (κ2) is 13.5. The van der Waals surface area contributed by atoms with Gasteiger partial charge in [0.1, 0.15) is 0 Å². The second-order valence-corrected chi connectivity index (χ2v) is 9.84. The van der Waals surface area contributed by atoms with Crippen LogP contribution in [0.15, 0.2) is 117 Å². The Kier molecular flexibility index (Phi) is 9.55. The Morgan fingerprint density at radius 1 is 0.769 bits per heavy atom. The number of carbonyl (C=O) groups is 3. The number of nitrogens with zero attached hydrogens (tertiary/aromatic N) is 1. The highest BCUT2D eigenvalue weighted by Gasteiger charge is 2.13. The molecule has 9 heteroatoms. The molecule has 7 nitrogen and oxygen atoms in total. The third-order valence-electron chi connectivity index (χ3n) is 5.24. The third-order valence-corrected chi connectivity index (χ3v) is 6.29. The molecule has 0 heterocycles. The summed E-state index contributed by atoms with van der Waals surface area (Å²) in [5.41, 5.74) is 5.03. The minimum absolute atomic E-state index is 0.240. The van der Waals surface area contributed by atoms with Crippen LogP contribution >= 0.6 is 31.9 Å². The Morgan fingerprint density at radius 2 is 1.46 bits per heavy atom. The summed E-state index contributed by atoms with van der Waals surface area (Å²) in [4.78, 5) is 37.6. The average Bonchev–Trinajstić information content (AvgIpc) is 2.94. The largest absolute Gasteiger partial charge is 0.421 e. The van der Waals surface area contributed by atoms with Crippen LogP contribution in [0.2, 0.25) is 0 Å². The van der Waals surface area contributed by atoms with Gasteiger partial charge in [0.25, 0.3) is 11.8 Å². The van der Waals surface area contributed by atoms with Crippen molar-refractivity contribution in [2.45, 2.75) is 0 Å². The molecular weight excluding hydrogens is 626 g/mol. The summed E-state index contributed by atoms with van der Waals surface area (Å²) in [7, 11) is 0. The number of carbonyl (C=O) groups excluding carboxylic acids is 3. The maximum Gasteiger partial charge on any atom is 0.336 e. The first-order chi connectivity index (χ1) is 18.9. The van der Waals surface area contributed by atoms with Crippen LogP contribution in [0.25, 0.3) is 6.08 Å². The molecule has 0 spiro atoms. The van der Waals surface area contributed by atoms with Crippen molar-refractivity contribution in [1.82, 2.24) is 5.43 Å². The predicted molar refractivity (Wildman–Crippen MR) is 159 cm³/mol. The zero-order valence-electron chi connectivity index (χ0n) is 20.3. The van der Waals surface area contributed by atoms with E-state index in [1.165, 1.54) is 12.3 Å². The number of benzene rings is 4. The van der Waals surface area contributed by atoms with Crippen molar-refractivity contribution >= 4 is 67.6 Å². The molecule has 0 radical (unpaired) electrons. The van der Waals surface area contributed by atoms with Crippen molar-refractivity contribution in [3.05, 3.63) is 134 Å². The highest BCUT2D eigenvalue weighted by molar-refractivity contribution is 9.11. The van der Waals surface area contributed by atoms with Gasteiger partial charge in [0.05, 0.1) is 10.7 Å². The van der Waals surface area contributed by atoms with E-state index in [-0.39, 0.29) is 11.7 Å². The Balaban J connectivity index is 1.43. The molecule has 2 amide bonds. The molecular formula is C30H21Br2N3O4. The monoisotopic (exact) mass is 645 g/mol. The van der Waals surface area contributed by atoms with Crippen LogP contribution in [0, 0.1) is 0 Å². The topological polar surface area (TPSA) is 96.9 Å². The Hall–Kier alpha value is -4.34. The first kappa shape index (κ1) is 27.7. The number of esters is 1. The molecule has 4 aromatic carbocycles. The van der Waals surface area contributed by atoms with E-state index in [9.17, 15) is 14.4 Å². The number of hydrazone groups is 1. The fourth-order valence-corrected chi connectivity index (χ4v) is 4.74. The first-order valence-corrected chi connectivity index (χ1v) is 13.2. The summed E-state index contributed by atoms with van der Waals surface area (Å²) in [5, 5.41) is 6.81. The summed E-state index contributed by atoms with van der Waals surface area (Å²) in [6, 6.07) is 28.1. The summed E-state index contributed by atoms with van der Waals surface area (Å²) in [6.07, 6.45) is 4.35. The summed E-state index contributed by atoms with van der Waals surface area (Å²) in [5.74, 6) is -1.10. The Bertz CT molecular complexity index is 1560. The van der Waals surface area contributed by atoms with Gasteiger partial charge in [0, 0.05) is 32.9 Å². The SMILES string of the molecule is O=C(/C=C/c1ccccc1)Oc1c(Br)cc(Br)cc1C=NNC(=O)c1cccc(NC(=O)c2ccccc2)c1. The number of ether oxygens (including phenoxy) is 1. The van der Waals surface area contributed by atoms with E-state index < -0.39 is 11.9 Å². The second-order valence-electron chi connectivity index (χ2n) is 8.07. The van der Waals surface area contributed by atoms with Gasteiger partial charge in [0.15, 0.2) is 5.75 Å². The summed E-state index contributed by atoms with van der Waals surface area (Å²) >= 11 is 6.82. The van der Waals surface area contributed by atoms with E-state index in [2.05, 4.69) is 47.7 Å². The van der Waals surface area contributed by atoms with Gasteiger partial charge in [-0.2, -0.15) is 5.10 Å².